The maximum absolute atomic E-state index is 12.4. The zero-order valence-electron chi connectivity index (χ0n) is 16.0. The van der Waals surface area contributed by atoms with E-state index in [0.29, 0.717) is 11.6 Å². The van der Waals surface area contributed by atoms with Crippen molar-refractivity contribution < 1.29 is 14.3 Å². The van der Waals surface area contributed by atoms with E-state index in [1.165, 1.54) is 9.58 Å². The Labute approximate surface area is 153 Å². The molecule has 2 amide bonds. The van der Waals surface area contributed by atoms with Gasteiger partial charge in [-0.1, -0.05) is 18.2 Å². The van der Waals surface area contributed by atoms with Crippen molar-refractivity contribution in [3.05, 3.63) is 41.7 Å². The number of imidazole rings is 1. The number of amides is 2. The molecule has 0 spiro atoms. The van der Waals surface area contributed by atoms with Gasteiger partial charge in [0.15, 0.2) is 5.69 Å². The van der Waals surface area contributed by atoms with Gasteiger partial charge >= 0.3 is 6.09 Å². The van der Waals surface area contributed by atoms with Gasteiger partial charge in [0.2, 0.25) is 5.95 Å². The predicted molar refractivity (Wildman–Crippen MR) is 100 cm³/mol. The molecule has 2 aromatic rings. The molecule has 0 unspecified atom stereocenters. The number of hydrogen-bond acceptors (Lipinski definition) is 5. The maximum Gasteiger partial charge on any atom is 0.427 e. The van der Waals surface area contributed by atoms with E-state index in [4.69, 9.17) is 4.74 Å². The van der Waals surface area contributed by atoms with Crippen molar-refractivity contribution in [2.75, 3.05) is 24.8 Å². The van der Waals surface area contributed by atoms with Crippen LogP contribution in [0, 0.1) is 6.92 Å². The largest absolute Gasteiger partial charge is 0.443 e. The van der Waals surface area contributed by atoms with E-state index in [1.807, 2.05) is 30.3 Å². The van der Waals surface area contributed by atoms with Gasteiger partial charge in [-0.2, -0.15) is 0 Å². The highest BCUT2D eigenvalue weighted by atomic mass is 16.6. The summed E-state index contributed by atoms with van der Waals surface area (Å²) in [4.78, 5) is 30.4. The summed E-state index contributed by atoms with van der Waals surface area (Å²) in [5.74, 6) is 0.0492. The third-order valence-electron chi connectivity index (χ3n) is 3.35. The van der Waals surface area contributed by atoms with E-state index in [2.05, 4.69) is 15.7 Å². The molecule has 1 aromatic heterocycles. The van der Waals surface area contributed by atoms with E-state index in [9.17, 15) is 9.59 Å². The second-order valence-corrected chi connectivity index (χ2v) is 7.01. The normalized spacial score (nSPS) is 11.0. The Kier molecular flexibility index (Phi) is 5.54. The molecule has 0 aliphatic rings. The summed E-state index contributed by atoms with van der Waals surface area (Å²) in [5.41, 5.74) is 3.49. The van der Waals surface area contributed by atoms with Crippen molar-refractivity contribution >= 4 is 23.6 Å². The van der Waals surface area contributed by atoms with E-state index < -0.39 is 11.7 Å². The Morgan fingerprint density at radius 1 is 1.15 bits per heavy atom. The van der Waals surface area contributed by atoms with Crippen molar-refractivity contribution in [2.24, 2.45) is 0 Å². The highest BCUT2D eigenvalue weighted by Crippen LogP contribution is 2.20. The van der Waals surface area contributed by atoms with Crippen molar-refractivity contribution in [1.82, 2.24) is 14.6 Å². The smallest absolute Gasteiger partial charge is 0.427 e. The predicted octanol–water partition coefficient (Wildman–Crippen LogP) is 3.12. The SMILES string of the molecule is Cc1c(C(=O)N(C)C)nc(Nc2ccccc2)n1NC(=O)OC(C)(C)C. The number of ether oxygens (including phenoxy) is 1. The molecular formula is C18H25N5O3. The Morgan fingerprint density at radius 3 is 2.31 bits per heavy atom. The van der Waals surface area contributed by atoms with Crippen molar-refractivity contribution in [2.45, 2.75) is 33.3 Å². The first-order valence-corrected chi connectivity index (χ1v) is 8.21. The molecule has 140 valence electrons. The van der Waals surface area contributed by atoms with Gasteiger partial charge in [-0.05, 0) is 39.8 Å². The first-order valence-electron chi connectivity index (χ1n) is 8.21. The number of carbonyl (C=O) groups excluding carboxylic acids is 2. The average Bonchev–Trinajstić information content (AvgIpc) is 2.82. The number of hydrogen-bond donors (Lipinski definition) is 2. The first-order chi connectivity index (χ1) is 12.1. The van der Waals surface area contributed by atoms with Crippen LogP contribution in [0.4, 0.5) is 16.4 Å². The van der Waals surface area contributed by atoms with Crippen LogP contribution >= 0.6 is 0 Å². The van der Waals surface area contributed by atoms with Crippen LogP contribution < -0.4 is 10.7 Å². The van der Waals surface area contributed by atoms with E-state index in [1.54, 1.807) is 41.8 Å². The summed E-state index contributed by atoms with van der Waals surface area (Å²) in [6.07, 6.45) is -0.641. The molecule has 0 aliphatic heterocycles. The van der Waals surface area contributed by atoms with E-state index in [0.717, 1.165) is 5.69 Å². The van der Waals surface area contributed by atoms with Crippen LogP contribution in [-0.4, -0.2) is 46.3 Å². The molecule has 2 rings (SSSR count). The Bertz CT molecular complexity index is 791. The highest BCUT2D eigenvalue weighted by molar-refractivity contribution is 5.94. The number of rotatable bonds is 4. The molecule has 0 fully saturated rings. The van der Waals surface area contributed by atoms with Gasteiger partial charge < -0.3 is 15.0 Å². The van der Waals surface area contributed by atoms with Crippen LogP contribution in [0.15, 0.2) is 30.3 Å². The lowest BCUT2D eigenvalue weighted by atomic mass is 10.2. The molecule has 2 N–H and O–H groups in total. The molecule has 1 heterocycles. The van der Waals surface area contributed by atoms with Crippen molar-refractivity contribution in [3.8, 4) is 0 Å². The molecule has 0 aliphatic carbocycles. The summed E-state index contributed by atoms with van der Waals surface area (Å²) in [7, 11) is 3.29. The zero-order chi connectivity index (χ0) is 19.5. The van der Waals surface area contributed by atoms with Gasteiger partial charge in [0.1, 0.15) is 5.60 Å². The monoisotopic (exact) mass is 359 g/mol. The Balaban J connectivity index is 2.39. The van der Waals surface area contributed by atoms with E-state index in [-0.39, 0.29) is 11.6 Å². The average molecular weight is 359 g/mol. The molecule has 1 aromatic carbocycles. The molecular weight excluding hydrogens is 334 g/mol. The lowest BCUT2D eigenvalue weighted by Crippen LogP contribution is -2.32. The fraction of sp³-hybridized carbons (Fsp3) is 0.389. The second-order valence-electron chi connectivity index (χ2n) is 7.01. The lowest BCUT2D eigenvalue weighted by Gasteiger charge is -2.21. The molecule has 0 bridgehead atoms. The molecule has 26 heavy (non-hydrogen) atoms. The maximum atomic E-state index is 12.4. The fourth-order valence-corrected chi connectivity index (χ4v) is 2.18. The van der Waals surface area contributed by atoms with Crippen LogP contribution in [0.1, 0.15) is 37.0 Å². The van der Waals surface area contributed by atoms with Gasteiger partial charge in [-0.15, -0.1) is 0 Å². The minimum absolute atomic E-state index is 0.240. The summed E-state index contributed by atoms with van der Waals surface area (Å²) in [6.45, 7) is 7.03. The van der Waals surface area contributed by atoms with Gasteiger partial charge in [-0.25, -0.2) is 19.9 Å². The summed E-state index contributed by atoms with van der Waals surface area (Å²) in [6, 6.07) is 9.35. The van der Waals surface area contributed by atoms with Crippen LogP contribution in [0.2, 0.25) is 0 Å². The van der Waals surface area contributed by atoms with Gasteiger partial charge in [0.05, 0.1) is 5.69 Å². The van der Waals surface area contributed by atoms with Crippen LogP contribution in [0.5, 0.6) is 0 Å². The molecule has 8 nitrogen and oxygen atoms in total. The molecule has 0 radical (unpaired) electrons. The standard InChI is InChI=1S/C18H25N5O3/c1-12-14(15(24)22(5)6)20-16(19-13-10-8-7-9-11-13)23(12)21-17(25)26-18(2,3)4/h7-11H,1-6H3,(H,19,20)(H,21,25). The van der Waals surface area contributed by atoms with Crippen LogP contribution in [-0.2, 0) is 4.74 Å². The Morgan fingerprint density at radius 2 is 1.77 bits per heavy atom. The number of aromatic nitrogens is 2. The number of nitrogens with zero attached hydrogens (tertiary/aromatic N) is 3. The third kappa shape index (κ3) is 4.75. The zero-order valence-corrected chi connectivity index (χ0v) is 16.0. The summed E-state index contributed by atoms with van der Waals surface area (Å²) >= 11 is 0. The lowest BCUT2D eigenvalue weighted by molar-refractivity contribution is 0.0612. The number of carbonyl (C=O) groups is 2. The van der Waals surface area contributed by atoms with E-state index >= 15 is 0 Å². The van der Waals surface area contributed by atoms with Crippen LogP contribution in [0.25, 0.3) is 0 Å². The number of anilines is 2. The Hall–Kier alpha value is -3.03. The van der Waals surface area contributed by atoms with Crippen LogP contribution in [0.3, 0.4) is 0 Å². The second kappa shape index (κ2) is 7.47. The number of nitrogens with one attached hydrogen (secondary N) is 2. The fourth-order valence-electron chi connectivity index (χ4n) is 2.18. The molecule has 0 saturated carbocycles. The summed E-state index contributed by atoms with van der Waals surface area (Å²) < 4.78 is 6.71. The van der Waals surface area contributed by atoms with Crippen molar-refractivity contribution in [3.63, 3.8) is 0 Å². The van der Waals surface area contributed by atoms with Gasteiger partial charge in [0.25, 0.3) is 5.91 Å². The minimum atomic E-state index is -0.645. The molecule has 0 atom stereocenters. The minimum Gasteiger partial charge on any atom is -0.443 e. The summed E-state index contributed by atoms with van der Waals surface area (Å²) in [5, 5.41) is 3.11. The first kappa shape index (κ1) is 19.3. The highest BCUT2D eigenvalue weighted by Gasteiger charge is 2.24. The molecule has 0 saturated heterocycles. The van der Waals surface area contributed by atoms with Gasteiger partial charge in [0, 0.05) is 19.8 Å². The number of benzene rings is 1. The quantitative estimate of drug-likeness (QED) is 0.876. The topological polar surface area (TPSA) is 88.5 Å². The third-order valence-corrected chi connectivity index (χ3v) is 3.35. The number of para-hydroxylation sites is 1. The van der Waals surface area contributed by atoms with Gasteiger partial charge in [-0.3, -0.25) is 4.79 Å². The molecule has 8 heteroatoms. The van der Waals surface area contributed by atoms with Crippen molar-refractivity contribution in [1.29, 1.82) is 0 Å².